The summed E-state index contributed by atoms with van der Waals surface area (Å²) in [5.74, 6) is -1.53. The normalized spacial score (nSPS) is 12.6. The fourth-order valence-electron chi connectivity index (χ4n) is 4.22. The number of hydrogen-bond acceptors (Lipinski definition) is 4. The second-order valence-electron chi connectivity index (χ2n) is 8.22. The molecule has 8 heteroatoms. The van der Waals surface area contributed by atoms with E-state index in [0.717, 1.165) is 10.5 Å². The summed E-state index contributed by atoms with van der Waals surface area (Å²) in [7, 11) is 1.32. The van der Waals surface area contributed by atoms with Crippen LogP contribution in [0.15, 0.2) is 75.9 Å². The van der Waals surface area contributed by atoms with E-state index in [4.69, 9.17) is 9.15 Å². The van der Waals surface area contributed by atoms with E-state index in [1.807, 2.05) is 37.3 Å². The Morgan fingerprint density at radius 2 is 1.66 bits per heavy atom. The van der Waals surface area contributed by atoms with Crippen LogP contribution in [0.3, 0.4) is 0 Å². The molecule has 0 aliphatic carbocycles. The van der Waals surface area contributed by atoms with E-state index < -0.39 is 22.9 Å². The summed E-state index contributed by atoms with van der Waals surface area (Å²) < 4.78 is 53.2. The molecule has 0 aliphatic heterocycles. The van der Waals surface area contributed by atoms with Crippen LogP contribution >= 0.6 is 0 Å². The molecule has 182 valence electrons. The Kier molecular flexibility index (Phi) is 6.84. The van der Waals surface area contributed by atoms with Gasteiger partial charge in [-0.15, -0.1) is 0 Å². The number of hydrogen-bond donors (Lipinski definition) is 2. The van der Waals surface area contributed by atoms with E-state index >= 15 is 0 Å². The van der Waals surface area contributed by atoms with E-state index in [-0.39, 0.29) is 40.1 Å². The molecule has 0 radical (unpaired) electrons. The van der Waals surface area contributed by atoms with Gasteiger partial charge < -0.3 is 19.2 Å². The van der Waals surface area contributed by atoms with Gasteiger partial charge in [0.05, 0.1) is 30.2 Å². The molecular weight excluding hydrogens is 459 g/mol. The summed E-state index contributed by atoms with van der Waals surface area (Å²) in [4.78, 5) is 14.4. The molecule has 1 heterocycles. The zero-order valence-electron chi connectivity index (χ0n) is 19.3. The number of nitrogens with one attached hydrogen (secondary N) is 1. The average Bonchev–Trinajstić information content (AvgIpc) is 2.85. The molecule has 3 aromatic carbocycles. The van der Waals surface area contributed by atoms with Gasteiger partial charge in [-0.25, -0.2) is 0 Å². The van der Waals surface area contributed by atoms with Crippen LogP contribution in [0.4, 0.5) is 13.2 Å². The van der Waals surface area contributed by atoms with E-state index in [1.54, 1.807) is 6.07 Å². The van der Waals surface area contributed by atoms with Gasteiger partial charge in [0.2, 0.25) is 11.2 Å². The first-order valence-corrected chi connectivity index (χ1v) is 11.1. The number of quaternary nitrogens is 1. The largest absolute Gasteiger partial charge is 0.507 e. The van der Waals surface area contributed by atoms with Crippen molar-refractivity contribution < 1.29 is 32.3 Å². The topological polar surface area (TPSA) is 64.1 Å². The molecule has 4 rings (SSSR count). The van der Waals surface area contributed by atoms with Gasteiger partial charge in [-0.2, -0.15) is 13.2 Å². The lowest BCUT2D eigenvalue weighted by atomic mass is 9.99. The number of aromatic hydroxyl groups is 1. The summed E-state index contributed by atoms with van der Waals surface area (Å²) in [6, 6.07) is 18.2. The van der Waals surface area contributed by atoms with Crippen molar-refractivity contribution in [3.8, 4) is 22.6 Å². The number of halogens is 3. The summed E-state index contributed by atoms with van der Waals surface area (Å²) in [5.41, 5.74) is -0.546. The summed E-state index contributed by atoms with van der Waals surface area (Å²) in [6.07, 6.45) is -4.95. The third-order valence-electron chi connectivity index (χ3n) is 6.00. The minimum atomic E-state index is -4.95. The summed E-state index contributed by atoms with van der Waals surface area (Å²) >= 11 is 0. The van der Waals surface area contributed by atoms with Crippen molar-refractivity contribution in [3.05, 3.63) is 93.8 Å². The molecule has 0 saturated heterocycles. The fourth-order valence-corrected chi connectivity index (χ4v) is 4.22. The number of ether oxygens (including phenoxy) is 1. The van der Waals surface area contributed by atoms with Gasteiger partial charge >= 0.3 is 6.18 Å². The molecule has 0 amide bonds. The third kappa shape index (κ3) is 4.88. The Morgan fingerprint density at radius 3 is 2.31 bits per heavy atom. The number of para-hydroxylation sites is 1. The van der Waals surface area contributed by atoms with Crippen molar-refractivity contribution in [1.82, 2.24) is 0 Å². The van der Waals surface area contributed by atoms with Gasteiger partial charge in [-0.3, -0.25) is 4.79 Å². The maximum Gasteiger partial charge on any atom is 0.450 e. The lowest BCUT2D eigenvalue weighted by Crippen LogP contribution is -3.09. The molecule has 5 nitrogen and oxygen atoms in total. The average molecular weight is 484 g/mol. The van der Waals surface area contributed by atoms with Crippen LogP contribution in [0.25, 0.3) is 22.1 Å². The molecule has 1 unspecified atom stereocenters. The maximum atomic E-state index is 14.2. The van der Waals surface area contributed by atoms with E-state index in [1.165, 1.54) is 37.4 Å². The molecule has 4 aromatic rings. The van der Waals surface area contributed by atoms with E-state index in [2.05, 4.69) is 0 Å². The predicted octanol–water partition coefficient (Wildman–Crippen LogP) is 4.80. The zero-order valence-corrected chi connectivity index (χ0v) is 19.3. The van der Waals surface area contributed by atoms with Gasteiger partial charge in [-0.05, 0) is 25.1 Å². The zero-order chi connectivity index (χ0) is 25.2. The number of phenolic OH excluding ortho intramolecular Hbond substituents is 1. The molecule has 0 bridgehead atoms. The van der Waals surface area contributed by atoms with Crippen LogP contribution in [-0.2, 0) is 19.3 Å². The van der Waals surface area contributed by atoms with Gasteiger partial charge in [0.15, 0.2) is 5.58 Å². The second-order valence-corrected chi connectivity index (χ2v) is 8.22. The lowest BCUT2D eigenvalue weighted by molar-refractivity contribution is -0.925. The Bertz CT molecular complexity index is 1400. The summed E-state index contributed by atoms with van der Waals surface area (Å²) in [5, 5.41) is 10.6. The molecule has 35 heavy (non-hydrogen) atoms. The first-order chi connectivity index (χ1) is 16.7. The first-order valence-electron chi connectivity index (χ1n) is 11.1. The number of methoxy groups -OCH3 is 1. The number of rotatable bonds is 7. The van der Waals surface area contributed by atoms with E-state index in [9.17, 15) is 23.1 Å². The number of fused-ring (bicyclic) bond motifs is 1. The maximum absolute atomic E-state index is 14.2. The Hall–Kier alpha value is -3.78. The molecular formula is C27H25F3NO4+. The van der Waals surface area contributed by atoms with Gasteiger partial charge in [0.25, 0.3) is 0 Å². The number of phenols is 1. The second kappa shape index (κ2) is 9.84. The highest BCUT2D eigenvalue weighted by Gasteiger charge is 2.40. The quantitative estimate of drug-likeness (QED) is 0.396. The summed E-state index contributed by atoms with van der Waals surface area (Å²) in [6.45, 7) is 3.34. The Labute approximate surface area is 200 Å². The molecule has 1 atom stereocenters. The highest BCUT2D eigenvalue weighted by atomic mass is 19.4. The Morgan fingerprint density at radius 1 is 0.971 bits per heavy atom. The SMILES string of the molecule is CC[NH+](Cc1ccccc1)Cc1c(O)ccc2c(=O)c(-c3ccccc3OC)c(C(F)(F)F)oc12. The minimum absolute atomic E-state index is 0.0162. The van der Waals surface area contributed by atoms with Crippen LogP contribution in [0.1, 0.15) is 23.8 Å². The van der Waals surface area contributed by atoms with Crippen molar-refractivity contribution in [2.24, 2.45) is 0 Å². The monoisotopic (exact) mass is 484 g/mol. The van der Waals surface area contributed by atoms with Gasteiger partial charge in [-0.1, -0.05) is 48.5 Å². The predicted molar refractivity (Wildman–Crippen MR) is 126 cm³/mol. The van der Waals surface area contributed by atoms with Crippen LogP contribution in [0, 0.1) is 0 Å². The van der Waals surface area contributed by atoms with Crippen LogP contribution < -0.4 is 15.1 Å². The van der Waals surface area contributed by atoms with Gasteiger partial charge in [0, 0.05) is 11.1 Å². The molecule has 0 fully saturated rings. The molecule has 1 aromatic heterocycles. The van der Waals surface area contributed by atoms with Crippen molar-refractivity contribution in [2.75, 3.05) is 13.7 Å². The van der Waals surface area contributed by atoms with Crippen molar-refractivity contribution in [3.63, 3.8) is 0 Å². The smallest absolute Gasteiger partial charge is 0.450 e. The highest BCUT2D eigenvalue weighted by Crippen LogP contribution is 2.41. The van der Waals surface area contributed by atoms with Crippen molar-refractivity contribution >= 4 is 11.0 Å². The van der Waals surface area contributed by atoms with Gasteiger partial charge in [0.1, 0.15) is 24.6 Å². The molecule has 0 saturated carbocycles. The van der Waals surface area contributed by atoms with Crippen LogP contribution in [0.2, 0.25) is 0 Å². The fraction of sp³-hybridized carbons (Fsp3) is 0.222. The number of benzene rings is 3. The highest BCUT2D eigenvalue weighted by molar-refractivity contribution is 5.87. The van der Waals surface area contributed by atoms with Crippen LogP contribution in [0.5, 0.6) is 11.5 Å². The first kappa shape index (κ1) is 24.3. The third-order valence-corrected chi connectivity index (χ3v) is 6.00. The minimum Gasteiger partial charge on any atom is -0.507 e. The molecule has 0 aliphatic rings. The molecule has 0 spiro atoms. The number of alkyl halides is 3. The van der Waals surface area contributed by atoms with Crippen molar-refractivity contribution in [2.45, 2.75) is 26.2 Å². The van der Waals surface area contributed by atoms with E-state index in [0.29, 0.717) is 13.1 Å². The Balaban J connectivity index is 1.92. The van der Waals surface area contributed by atoms with Crippen LogP contribution in [-0.4, -0.2) is 18.8 Å². The lowest BCUT2D eigenvalue weighted by Gasteiger charge is -2.20. The standard InChI is InChI=1S/C27H24F3NO4/c1-3-31(15-17-9-5-4-6-10-17)16-20-21(32)14-13-19-24(33)23(18-11-7-8-12-22(18)34-2)26(27(28,29)30)35-25(19)20/h4-14,32H,3,15-16H2,1-2H3/p+1. The van der Waals surface area contributed by atoms with Crippen molar-refractivity contribution in [1.29, 1.82) is 0 Å². The molecule has 2 N–H and O–H groups in total.